The van der Waals surface area contributed by atoms with Gasteiger partial charge in [-0.15, -0.1) is 0 Å². The van der Waals surface area contributed by atoms with Crippen molar-refractivity contribution in [1.82, 2.24) is 10.6 Å². The third-order valence-corrected chi connectivity index (χ3v) is 1.78. The second-order valence-electron chi connectivity index (χ2n) is 3.15. The smallest absolute Gasteiger partial charge is 0.222 e. The average molecular weight is 234 g/mol. The molecule has 0 bridgehead atoms. The zero-order valence-electron chi connectivity index (χ0n) is 9.83. The highest BCUT2D eigenvalue weighted by molar-refractivity contribution is 5.75. The molecule has 16 heavy (non-hydrogen) atoms. The maximum Gasteiger partial charge on any atom is 0.222 e. The van der Waals surface area contributed by atoms with Gasteiger partial charge in [0.15, 0.2) is 0 Å². The number of ether oxygens (including phenoxy) is 2. The summed E-state index contributed by atoms with van der Waals surface area (Å²) in [6.45, 7) is 3.41. The molecular formula is C10H22N2O4. The molecule has 6 heteroatoms. The van der Waals surface area contributed by atoms with Gasteiger partial charge in [0.2, 0.25) is 5.91 Å². The lowest BCUT2D eigenvalue weighted by molar-refractivity contribution is -0.121. The second kappa shape index (κ2) is 12.4. The van der Waals surface area contributed by atoms with E-state index in [0.29, 0.717) is 33.0 Å². The normalized spacial score (nSPS) is 10.4. The number of nitrogens with one attached hydrogen (secondary N) is 2. The summed E-state index contributed by atoms with van der Waals surface area (Å²) in [5.41, 5.74) is 0. The summed E-state index contributed by atoms with van der Waals surface area (Å²) >= 11 is 0. The summed E-state index contributed by atoms with van der Waals surface area (Å²) in [6, 6.07) is 0. The fourth-order valence-electron chi connectivity index (χ4n) is 0.949. The number of likely N-dealkylation sites (N-methyl/N-ethyl adjacent to an activating group) is 1. The van der Waals surface area contributed by atoms with Crippen LogP contribution in [0.5, 0.6) is 0 Å². The molecule has 0 spiro atoms. The molecule has 0 aliphatic rings. The van der Waals surface area contributed by atoms with Gasteiger partial charge in [-0.25, -0.2) is 0 Å². The minimum atomic E-state index is -0.156. The molecule has 0 radical (unpaired) electrons. The molecule has 0 aliphatic heterocycles. The summed E-state index contributed by atoms with van der Waals surface area (Å²) < 4.78 is 10.5. The predicted molar refractivity (Wildman–Crippen MR) is 60.3 cm³/mol. The number of amides is 1. The van der Waals surface area contributed by atoms with Gasteiger partial charge >= 0.3 is 0 Å². The van der Waals surface area contributed by atoms with Crippen LogP contribution in [0, 0.1) is 0 Å². The summed E-state index contributed by atoms with van der Waals surface area (Å²) in [6.07, 6.45) is 0.146. The molecule has 1 amide bonds. The standard InChI is InChI=1S/C10H22N2O4/c1-11-3-6-15-8-9-16-7-4-12-10(14)2-5-13/h11,13H,2-9H2,1H3,(H,12,14). The number of carbonyl (C=O) groups excluding carboxylic acids is 1. The Kier molecular flexibility index (Phi) is 11.8. The van der Waals surface area contributed by atoms with Gasteiger partial charge in [-0.2, -0.15) is 0 Å². The van der Waals surface area contributed by atoms with Crippen molar-refractivity contribution in [1.29, 1.82) is 0 Å². The number of carbonyl (C=O) groups is 1. The lowest BCUT2D eigenvalue weighted by atomic mass is 10.4. The highest BCUT2D eigenvalue weighted by Crippen LogP contribution is 1.79. The molecule has 0 atom stereocenters. The quantitative estimate of drug-likeness (QED) is 0.389. The molecule has 0 saturated carbocycles. The lowest BCUT2D eigenvalue weighted by Gasteiger charge is -2.06. The lowest BCUT2D eigenvalue weighted by Crippen LogP contribution is -2.28. The van der Waals surface area contributed by atoms with Gasteiger partial charge in [-0.1, -0.05) is 0 Å². The first kappa shape index (κ1) is 15.3. The Hall–Kier alpha value is -0.690. The molecule has 0 aromatic heterocycles. The Labute approximate surface area is 96.3 Å². The van der Waals surface area contributed by atoms with E-state index in [1.165, 1.54) is 0 Å². The van der Waals surface area contributed by atoms with Crippen molar-refractivity contribution in [2.75, 3.05) is 53.2 Å². The van der Waals surface area contributed by atoms with Gasteiger partial charge < -0.3 is 25.2 Å². The van der Waals surface area contributed by atoms with Crippen molar-refractivity contribution in [2.24, 2.45) is 0 Å². The Morgan fingerprint density at radius 1 is 1.12 bits per heavy atom. The maximum atomic E-state index is 10.9. The van der Waals surface area contributed by atoms with Gasteiger partial charge in [-0.05, 0) is 7.05 Å². The van der Waals surface area contributed by atoms with Crippen molar-refractivity contribution < 1.29 is 19.4 Å². The Morgan fingerprint density at radius 2 is 1.75 bits per heavy atom. The van der Waals surface area contributed by atoms with Gasteiger partial charge in [0.05, 0.1) is 33.0 Å². The highest BCUT2D eigenvalue weighted by atomic mass is 16.5. The van der Waals surface area contributed by atoms with E-state index in [1.54, 1.807) is 0 Å². The minimum absolute atomic E-state index is 0.119. The van der Waals surface area contributed by atoms with E-state index >= 15 is 0 Å². The van der Waals surface area contributed by atoms with Crippen molar-refractivity contribution in [3.63, 3.8) is 0 Å². The molecule has 6 nitrogen and oxygen atoms in total. The van der Waals surface area contributed by atoms with Crippen LogP contribution in [0.3, 0.4) is 0 Å². The monoisotopic (exact) mass is 234 g/mol. The molecule has 0 heterocycles. The predicted octanol–water partition coefficient (Wildman–Crippen LogP) is -1.26. The van der Waals surface area contributed by atoms with Crippen LogP contribution in [0.25, 0.3) is 0 Å². The largest absolute Gasteiger partial charge is 0.396 e. The molecule has 0 aromatic carbocycles. The highest BCUT2D eigenvalue weighted by Gasteiger charge is 1.97. The molecule has 0 rings (SSSR count). The van der Waals surface area contributed by atoms with E-state index in [9.17, 15) is 4.79 Å². The van der Waals surface area contributed by atoms with E-state index in [2.05, 4.69) is 10.6 Å². The van der Waals surface area contributed by atoms with Crippen LogP contribution >= 0.6 is 0 Å². The summed E-state index contributed by atoms with van der Waals surface area (Å²) in [7, 11) is 1.87. The molecule has 0 aliphatic carbocycles. The van der Waals surface area contributed by atoms with Crippen molar-refractivity contribution in [3.8, 4) is 0 Å². The van der Waals surface area contributed by atoms with Gasteiger partial charge in [0.1, 0.15) is 0 Å². The third-order valence-electron chi connectivity index (χ3n) is 1.78. The molecule has 0 unspecified atom stereocenters. The van der Waals surface area contributed by atoms with Crippen molar-refractivity contribution >= 4 is 5.91 Å². The van der Waals surface area contributed by atoms with Gasteiger partial charge in [0, 0.05) is 19.5 Å². The maximum absolute atomic E-state index is 10.9. The number of aliphatic hydroxyl groups excluding tert-OH is 1. The van der Waals surface area contributed by atoms with E-state index < -0.39 is 0 Å². The molecule has 96 valence electrons. The van der Waals surface area contributed by atoms with Crippen LogP contribution < -0.4 is 10.6 Å². The first-order valence-electron chi connectivity index (χ1n) is 5.49. The molecule has 0 fully saturated rings. The van der Waals surface area contributed by atoms with Gasteiger partial charge in [-0.3, -0.25) is 4.79 Å². The summed E-state index contributed by atoms with van der Waals surface area (Å²) in [5.74, 6) is -0.156. The van der Waals surface area contributed by atoms with Crippen LogP contribution in [0.4, 0.5) is 0 Å². The number of rotatable bonds is 11. The van der Waals surface area contributed by atoms with Crippen LogP contribution in [0.1, 0.15) is 6.42 Å². The van der Waals surface area contributed by atoms with Crippen LogP contribution in [-0.2, 0) is 14.3 Å². The zero-order valence-corrected chi connectivity index (χ0v) is 9.83. The average Bonchev–Trinajstić information content (AvgIpc) is 2.27. The second-order valence-corrected chi connectivity index (χ2v) is 3.15. The van der Waals surface area contributed by atoms with Crippen LogP contribution in [-0.4, -0.2) is 64.2 Å². The fourth-order valence-corrected chi connectivity index (χ4v) is 0.949. The number of aliphatic hydroxyl groups is 1. The van der Waals surface area contributed by atoms with Crippen molar-refractivity contribution in [2.45, 2.75) is 6.42 Å². The third kappa shape index (κ3) is 11.4. The Morgan fingerprint density at radius 3 is 2.31 bits per heavy atom. The van der Waals surface area contributed by atoms with Crippen LogP contribution in [0.15, 0.2) is 0 Å². The fraction of sp³-hybridized carbons (Fsp3) is 0.900. The van der Waals surface area contributed by atoms with E-state index in [4.69, 9.17) is 14.6 Å². The zero-order chi connectivity index (χ0) is 12.1. The number of hydrogen-bond donors (Lipinski definition) is 3. The molecular weight excluding hydrogens is 212 g/mol. The molecule has 0 aromatic rings. The summed E-state index contributed by atoms with van der Waals surface area (Å²) in [4.78, 5) is 10.9. The van der Waals surface area contributed by atoms with Crippen LogP contribution in [0.2, 0.25) is 0 Å². The Balaban J connectivity index is 3.01. The molecule has 3 N–H and O–H groups in total. The van der Waals surface area contributed by atoms with E-state index in [0.717, 1.165) is 6.54 Å². The summed E-state index contributed by atoms with van der Waals surface area (Å²) in [5, 5.41) is 14.1. The number of hydrogen-bond acceptors (Lipinski definition) is 5. The minimum Gasteiger partial charge on any atom is -0.396 e. The first-order valence-corrected chi connectivity index (χ1v) is 5.49. The van der Waals surface area contributed by atoms with Crippen molar-refractivity contribution in [3.05, 3.63) is 0 Å². The molecule has 0 saturated heterocycles. The topological polar surface area (TPSA) is 79.8 Å². The SMILES string of the molecule is CNCCOCCOCCNC(=O)CCO. The first-order chi connectivity index (χ1) is 7.81. The van der Waals surface area contributed by atoms with Gasteiger partial charge in [0.25, 0.3) is 0 Å². The van der Waals surface area contributed by atoms with E-state index in [1.807, 2.05) is 7.05 Å². The Bertz CT molecular complexity index is 167. The van der Waals surface area contributed by atoms with E-state index in [-0.39, 0.29) is 18.9 Å².